The Morgan fingerprint density at radius 1 is 1.47 bits per heavy atom. The molecule has 94 valence electrons. The maximum absolute atomic E-state index is 11.8. The van der Waals surface area contributed by atoms with Crippen molar-refractivity contribution in [3.05, 3.63) is 18.3 Å². The fraction of sp³-hybridized carbons (Fsp3) is 0.538. The molecule has 1 amide bonds. The molecule has 0 aliphatic carbocycles. The van der Waals surface area contributed by atoms with Crippen LogP contribution in [0.1, 0.15) is 34.1 Å². The first-order valence-corrected chi connectivity index (χ1v) is 5.80. The van der Waals surface area contributed by atoms with Crippen molar-refractivity contribution in [1.82, 2.24) is 4.98 Å². The zero-order valence-corrected chi connectivity index (χ0v) is 10.9. The summed E-state index contributed by atoms with van der Waals surface area (Å²) in [5, 5.41) is 2.82. The van der Waals surface area contributed by atoms with E-state index in [0.717, 1.165) is 0 Å². The number of aromatic nitrogens is 1. The van der Waals surface area contributed by atoms with Crippen molar-refractivity contribution in [3.63, 3.8) is 0 Å². The number of nitrogens with two attached hydrogens (primary N) is 1. The molecule has 0 spiro atoms. The van der Waals surface area contributed by atoms with Gasteiger partial charge >= 0.3 is 0 Å². The van der Waals surface area contributed by atoms with E-state index >= 15 is 0 Å². The third-order valence-corrected chi connectivity index (χ3v) is 3.04. The van der Waals surface area contributed by atoms with Crippen LogP contribution in [0.25, 0.3) is 0 Å². The van der Waals surface area contributed by atoms with E-state index in [4.69, 9.17) is 5.73 Å². The molecule has 0 bridgehead atoms. The number of rotatable bonds is 3. The lowest BCUT2D eigenvalue weighted by Gasteiger charge is -2.26. The van der Waals surface area contributed by atoms with Crippen LogP contribution in [0.5, 0.6) is 0 Å². The lowest BCUT2D eigenvalue weighted by Crippen LogP contribution is -2.23. The highest BCUT2D eigenvalue weighted by atomic mass is 16.1. The van der Waals surface area contributed by atoms with E-state index in [-0.39, 0.29) is 11.3 Å². The van der Waals surface area contributed by atoms with E-state index in [0.29, 0.717) is 23.8 Å². The summed E-state index contributed by atoms with van der Waals surface area (Å²) in [4.78, 5) is 15.7. The summed E-state index contributed by atoms with van der Waals surface area (Å²) in [5.74, 6) is 0.786. The molecule has 1 unspecified atom stereocenters. The Morgan fingerprint density at radius 3 is 2.59 bits per heavy atom. The van der Waals surface area contributed by atoms with Gasteiger partial charge in [-0.15, -0.1) is 0 Å². The van der Waals surface area contributed by atoms with Crippen LogP contribution >= 0.6 is 0 Å². The standard InChI is InChI=1S/C13H21N3O/c1-9(13(2,3)4)7-12(17)16-10-5-6-11(14)15-8-10/h5-6,8-9H,7H2,1-4H3,(H2,14,15)(H,16,17). The van der Waals surface area contributed by atoms with Crippen molar-refractivity contribution < 1.29 is 4.79 Å². The smallest absolute Gasteiger partial charge is 0.224 e. The van der Waals surface area contributed by atoms with Gasteiger partial charge in [-0.25, -0.2) is 4.98 Å². The summed E-state index contributed by atoms with van der Waals surface area (Å²) in [7, 11) is 0. The zero-order valence-electron chi connectivity index (χ0n) is 10.9. The Bertz CT molecular complexity index is 379. The number of hydrogen-bond acceptors (Lipinski definition) is 3. The van der Waals surface area contributed by atoms with Crippen LogP contribution in [0, 0.1) is 11.3 Å². The number of carbonyl (C=O) groups is 1. The number of nitrogens with zero attached hydrogens (tertiary/aromatic N) is 1. The van der Waals surface area contributed by atoms with Gasteiger partial charge in [0.2, 0.25) is 5.91 Å². The van der Waals surface area contributed by atoms with Crippen LogP contribution in [0.3, 0.4) is 0 Å². The van der Waals surface area contributed by atoms with Crippen molar-refractivity contribution in [3.8, 4) is 0 Å². The molecule has 0 saturated heterocycles. The van der Waals surface area contributed by atoms with Gasteiger partial charge in [-0.05, 0) is 23.5 Å². The molecule has 0 aliphatic rings. The van der Waals surface area contributed by atoms with Gasteiger partial charge in [-0.1, -0.05) is 27.7 Å². The van der Waals surface area contributed by atoms with Crippen LogP contribution in [0.4, 0.5) is 11.5 Å². The topological polar surface area (TPSA) is 68.0 Å². The van der Waals surface area contributed by atoms with E-state index in [1.807, 2.05) is 0 Å². The minimum atomic E-state index is 0.0130. The number of nitrogens with one attached hydrogen (secondary N) is 1. The zero-order chi connectivity index (χ0) is 13.1. The fourth-order valence-corrected chi connectivity index (χ4v) is 1.28. The number of pyridine rings is 1. The summed E-state index contributed by atoms with van der Waals surface area (Å²) in [5.41, 5.74) is 6.29. The molecule has 0 aromatic carbocycles. The van der Waals surface area contributed by atoms with Gasteiger partial charge in [0.1, 0.15) is 5.82 Å². The Labute approximate surface area is 103 Å². The molecule has 17 heavy (non-hydrogen) atoms. The minimum Gasteiger partial charge on any atom is -0.384 e. The Morgan fingerprint density at radius 2 is 2.12 bits per heavy atom. The Kier molecular flexibility index (Phi) is 4.10. The van der Waals surface area contributed by atoms with Crippen molar-refractivity contribution >= 4 is 17.4 Å². The first-order chi connectivity index (χ1) is 7.79. The van der Waals surface area contributed by atoms with E-state index in [1.54, 1.807) is 18.3 Å². The molecule has 0 aliphatic heterocycles. The molecule has 4 heteroatoms. The number of anilines is 2. The summed E-state index contributed by atoms with van der Waals surface area (Å²) < 4.78 is 0. The van der Waals surface area contributed by atoms with Crippen LogP contribution in [-0.2, 0) is 4.79 Å². The molecule has 1 atom stereocenters. The fourth-order valence-electron chi connectivity index (χ4n) is 1.28. The highest BCUT2D eigenvalue weighted by Gasteiger charge is 2.22. The second-order valence-corrected chi connectivity index (χ2v) is 5.49. The van der Waals surface area contributed by atoms with Gasteiger partial charge in [0, 0.05) is 6.42 Å². The summed E-state index contributed by atoms with van der Waals surface area (Å²) >= 11 is 0. The SMILES string of the molecule is CC(CC(=O)Nc1ccc(N)nc1)C(C)(C)C. The predicted octanol–water partition coefficient (Wildman–Crippen LogP) is 2.67. The van der Waals surface area contributed by atoms with Crippen molar-refractivity contribution in [2.24, 2.45) is 11.3 Å². The molecule has 1 rings (SSSR count). The van der Waals surface area contributed by atoms with Crippen molar-refractivity contribution in [2.75, 3.05) is 11.1 Å². The number of nitrogen functional groups attached to an aromatic ring is 1. The van der Waals surface area contributed by atoms with Crippen LogP contribution < -0.4 is 11.1 Å². The molecule has 0 saturated carbocycles. The normalized spacial score (nSPS) is 13.2. The monoisotopic (exact) mass is 235 g/mol. The van der Waals surface area contributed by atoms with Crippen molar-refractivity contribution in [2.45, 2.75) is 34.1 Å². The molecule has 1 heterocycles. The maximum atomic E-state index is 11.8. The van der Waals surface area contributed by atoms with E-state index in [1.165, 1.54) is 0 Å². The molecule has 0 fully saturated rings. The van der Waals surface area contributed by atoms with Gasteiger partial charge in [-0.2, -0.15) is 0 Å². The molecular weight excluding hydrogens is 214 g/mol. The van der Waals surface area contributed by atoms with Gasteiger partial charge < -0.3 is 11.1 Å². The lowest BCUT2D eigenvalue weighted by molar-refractivity contribution is -0.117. The van der Waals surface area contributed by atoms with E-state index < -0.39 is 0 Å². The molecule has 1 aromatic rings. The van der Waals surface area contributed by atoms with Crippen molar-refractivity contribution in [1.29, 1.82) is 0 Å². The van der Waals surface area contributed by atoms with Gasteiger partial charge in [0.25, 0.3) is 0 Å². The summed E-state index contributed by atoms with van der Waals surface area (Å²) in [6, 6.07) is 3.42. The average molecular weight is 235 g/mol. The van der Waals surface area contributed by atoms with Crippen LogP contribution in [-0.4, -0.2) is 10.9 Å². The highest BCUT2D eigenvalue weighted by molar-refractivity contribution is 5.90. The summed E-state index contributed by atoms with van der Waals surface area (Å²) in [6.45, 7) is 8.49. The second kappa shape index (κ2) is 5.17. The number of carbonyl (C=O) groups excluding carboxylic acids is 1. The van der Waals surface area contributed by atoms with E-state index in [2.05, 4.69) is 38.0 Å². The largest absolute Gasteiger partial charge is 0.384 e. The number of hydrogen-bond donors (Lipinski definition) is 2. The first kappa shape index (κ1) is 13.5. The third-order valence-electron chi connectivity index (χ3n) is 3.04. The first-order valence-electron chi connectivity index (χ1n) is 5.80. The van der Waals surface area contributed by atoms with Gasteiger partial charge in [0.15, 0.2) is 0 Å². The molecular formula is C13H21N3O. The van der Waals surface area contributed by atoms with Gasteiger partial charge in [0.05, 0.1) is 11.9 Å². The van der Waals surface area contributed by atoms with Crippen LogP contribution in [0.15, 0.2) is 18.3 Å². The third kappa shape index (κ3) is 4.43. The van der Waals surface area contributed by atoms with Gasteiger partial charge in [-0.3, -0.25) is 4.79 Å². The average Bonchev–Trinajstić information content (AvgIpc) is 2.20. The Balaban J connectivity index is 2.53. The molecule has 3 N–H and O–H groups in total. The number of amides is 1. The predicted molar refractivity (Wildman–Crippen MR) is 70.5 cm³/mol. The second-order valence-electron chi connectivity index (χ2n) is 5.49. The molecule has 1 aromatic heterocycles. The summed E-state index contributed by atoms with van der Waals surface area (Å²) in [6.07, 6.45) is 2.07. The quantitative estimate of drug-likeness (QED) is 0.846. The minimum absolute atomic E-state index is 0.0130. The maximum Gasteiger partial charge on any atom is 0.224 e. The van der Waals surface area contributed by atoms with E-state index in [9.17, 15) is 4.79 Å². The lowest BCUT2D eigenvalue weighted by atomic mass is 9.80. The molecule has 4 nitrogen and oxygen atoms in total. The Hall–Kier alpha value is -1.58. The van der Waals surface area contributed by atoms with Crippen LogP contribution in [0.2, 0.25) is 0 Å². The highest BCUT2D eigenvalue weighted by Crippen LogP contribution is 2.28. The molecule has 0 radical (unpaired) electrons.